The normalized spacial score (nSPS) is 24.0. The summed E-state index contributed by atoms with van der Waals surface area (Å²) < 4.78 is 2.07. The van der Waals surface area contributed by atoms with Crippen molar-refractivity contribution >= 4 is 32.9 Å². The molecule has 1 atom stereocenters. The van der Waals surface area contributed by atoms with Gasteiger partial charge in [0.05, 0.1) is 11.6 Å². The van der Waals surface area contributed by atoms with Crippen LogP contribution in [0.1, 0.15) is 31.0 Å². The van der Waals surface area contributed by atoms with Gasteiger partial charge in [-0.2, -0.15) is 0 Å². The minimum Gasteiger partial charge on any atom is -0.464 e. The molecule has 4 rings (SSSR count). The third-order valence-electron chi connectivity index (χ3n) is 4.91. The van der Waals surface area contributed by atoms with Crippen molar-refractivity contribution in [2.24, 2.45) is 5.41 Å². The molecule has 3 heterocycles. The fourth-order valence-corrected chi connectivity index (χ4v) is 4.02. The Morgan fingerprint density at radius 1 is 1.48 bits per heavy atom. The number of likely N-dealkylation sites (tertiary alicyclic amines) is 1. The number of rotatable bonds is 1. The Hall–Kier alpha value is -1.40. The number of aromatic nitrogens is 2. The first-order valence-electron chi connectivity index (χ1n) is 7.10. The highest BCUT2D eigenvalue weighted by Crippen LogP contribution is 2.58. The third-order valence-corrected chi connectivity index (χ3v) is 5.35. The molecular formula is C15H16BrN3O2. The Kier molecular flexibility index (Phi) is 2.72. The fraction of sp³-hybridized carbons (Fsp3) is 0.467. The van der Waals surface area contributed by atoms with Gasteiger partial charge in [-0.3, -0.25) is 4.90 Å². The Labute approximate surface area is 130 Å². The van der Waals surface area contributed by atoms with Crippen LogP contribution in [0.2, 0.25) is 0 Å². The maximum Gasteiger partial charge on any atom is 0.416 e. The number of hydrogen-bond donors (Lipinski definition) is 1. The SMILES string of the molecule is CN1CC2(CC2)C[C@@H]1c1cc2cnc(Br)cc2n1C(=O)O. The second-order valence-electron chi connectivity index (χ2n) is 6.39. The van der Waals surface area contributed by atoms with Crippen molar-refractivity contribution in [2.75, 3.05) is 13.6 Å². The molecule has 2 aliphatic rings. The minimum atomic E-state index is -0.928. The van der Waals surface area contributed by atoms with Crippen LogP contribution in [0, 0.1) is 5.41 Å². The molecule has 5 nitrogen and oxygen atoms in total. The zero-order valence-corrected chi connectivity index (χ0v) is 13.3. The van der Waals surface area contributed by atoms with Gasteiger partial charge in [0.25, 0.3) is 0 Å². The van der Waals surface area contributed by atoms with E-state index in [1.54, 1.807) is 12.3 Å². The van der Waals surface area contributed by atoms with Gasteiger partial charge in [0.15, 0.2) is 0 Å². The first-order valence-corrected chi connectivity index (χ1v) is 7.89. The Balaban J connectivity index is 1.88. The van der Waals surface area contributed by atoms with Crippen LogP contribution in [-0.2, 0) is 0 Å². The first kappa shape index (κ1) is 13.3. The molecule has 0 radical (unpaired) electrons. The quantitative estimate of drug-likeness (QED) is 0.800. The summed E-state index contributed by atoms with van der Waals surface area (Å²) in [6, 6.07) is 3.93. The Bertz CT molecular complexity index is 751. The van der Waals surface area contributed by atoms with E-state index in [0.29, 0.717) is 15.5 Å². The molecule has 110 valence electrons. The summed E-state index contributed by atoms with van der Waals surface area (Å²) in [6.07, 6.45) is 4.40. The summed E-state index contributed by atoms with van der Waals surface area (Å²) in [5.74, 6) is 0. The van der Waals surface area contributed by atoms with E-state index < -0.39 is 6.09 Å². The number of halogens is 1. The second-order valence-corrected chi connectivity index (χ2v) is 7.20. The fourth-order valence-electron chi connectivity index (χ4n) is 3.70. The number of nitrogens with zero attached hydrogens (tertiary/aromatic N) is 3. The standard InChI is InChI=1S/C15H16BrN3O2/c1-18-8-15(2-3-15)6-12(18)11-4-9-7-17-13(16)5-10(9)19(11)14(20)21/h4-5,7,12H,2-3,6,8H2,1H3,(H,20,21)/t12-/m1/s1. The van der Waals surface area contributed by atoms with Crippen LogP contribution in [0.15, 0.2) is 22.9 Å². The molecular weight excluding hydrogens is 334 g/mol. The van der Waals surface area contributed by atoms with Crippen LogP contribution in [0.5, 0.6) is 0 Å². The molecule has 1 aliphatic carbocycles. The lowest BCUT2D eigenvalue weighted by molar-refractivity contribution is 0.194. The monoisotopic (exact) mass is 349 g/mol. The highest BCUT2D eigenvalue weighted by Gasteiger charge is 2.51. The summed E-state index contributed by atoms with van der Waals surface area (Å²) >= 11 is 3.32. The highest BCUT2D eigenvalue weighted by molar-refractivity contribution is 9.10. The molecule has 1 aliphatic heterocycles. The lowest BCUT2D eigenvalue weighted by atomic mass is 10.0. The lowest BCUT2D eigenvalue weighted by Gasteiger charge is -2.20. The molecule has 0 bridgehead atoms. The summed E-state index contributed by atoms with van der Waals surface area (Å²) in [4.78, 5) is 18.3. The second kappa shape index (κ2) is 4.30. The lowest BCUT2D eigenvalue weighted by Crippen LogP contribution is -2.22. The molecule has 0 amide bonds. The van der Waals surface area contributed by atoms with E-state index >= 15 is 0 Å². The molecule has 1 saturated carbocycles. The first-order chi connectivity index (χ1) is 9.99. The van der Waals surface area contributed by atoms with Crippen LogP contribution in [0.25, 0.3) is 10.9 Å². The largest absolute Gasteiger partial charge is 0.464 e. The van der Waals surface area contributed by atoms with Crippen molar-refractivity contribution in [1.82, 2.24) is 14.5 Å². The molecule has 1 spiro atoms. The molecule has 21 heavy (non-hydrogen) atoms. The van der Waals surface area contributed by atoms with Gasteiger partial charge < -0.3 is 5.11 Å². The van der Waals surface area contributed by atoms with Crippen LogP contribution >= 0.6 is 15.9 Å². The van der Waals surface area contributed by atoms with E-state index in [4.69, 9.17) is 0 Å². The van der Waals surface area contributed by atoms with Gasteiger partial charge in [0.2, 0.25) is 0 Å². The van der Waals surface area contributed by atoms with E-state index in [0.717, 1.165) is 24.0 Å². The van der Waals surface area contributed by atoms with E-state index in [1.165, 1.54) is 17.4 Å². The van der Waals surface area contributed by atoms with Crippen molar-refractivity contribution < 1.29 is 9.90 Å². The smallest absolute Gasteiger partial charge is 0.416 e. The highest BCUT2D eigenvalue weighted by atomic mass is 79.9. The summed E-state index contributed by atoms with van der Waals surface area (Å²) in [5.41, 5.74) is 2.01. The average Bonchev–Trinajstić information content (AvgIpc) is 2.93. The predicted octanol–water partition coefficient (Wildman–Crippen LogP) is 3.48. The van der Waals surface area contributed by atoms with Crippen molar-refractivity contribution in [2.45, 2.75) is 25.3 Å². The van der Waals surface area contributed by atoms with Gasteiger partial charge in [-0.05, 0) is 59.8 Å². The molecule has 0 unspecified atom stereocenters. The maximum absolute atomic E-state index is 11.8. The van der Waals surface area contributed by atoms with Gasteiger partial charge in [0, 0.05) is 23.8 Å². The number of carbonyl (C=O) groups is 1. The van der Waals surface area contributed by atoms with Gasteiger partial charge in [-0.1, -0.05) is 0 Å². The topological polar surface area (TPSA) is 58.4 Å². The van der Waals surface area contributed by atoms with Crippen LogP contribution in [0.4, 0.5) is 4.79 Å². The zero-order valence-electron chi connectivity index (χ0n) is 11.7. The average molecular weight is 350 g/mol. The Morgan fingerprint density at radius 3 is 2.86 bits per heavy atom. The zero-order chi connectivity index (χ0) is 14.8. The number of carboxylic acid groups (broad SMARTS) is 1. The molecule has 1 N–H and O–H groups in total. The van der Waals surface area contributed by atoms with Crippen molar-refractivity contribution in [1.29, 1.82) is 0 Å². The van der Waals surface area contributed by atoms with E-state index in [1.807, 2.05) is 6.07 Å². The van der Waals surface area contributed by atoms with Gasteiger partial charge in [-0.15, -0.1) is 0 Å². The Morgan fingerprint density at radius 2 is 2.24 bits per heavy atom. The number of pyridine rings is 1. The summed E-state index contributed by atoms with van der Waals surface area (Å²) in [5, 5.41) is 10.5. The van der Waals surface area contributed by atoms with Gasteiger partial charge in [-0.25, -0.2) is 14.3 Å². The van der Waals surface area contributed by atoms with E-state index in [2.05, 4.69) is 32.9 Å². The maximum atomic E-state index is 11.8. The van der Waals surface area contributed by atoms with Crippen LogP contribution < -0.4 is 0 Å². The van der Waals surface area contributed by atoms with E-state index in [-0.39, 0.29) is 6.04 Å². The molecule has 2 fully saturated rings. The molecule has 0 aromatic carbocycles. The van der Waals surface area contributed by atoms with Crippen LogP contribution in [0.3, 0.4) is 0 Å². The molecule has 2 aromatic rings. The molecule has 6 heteroatoms. The van der Waals surface area contributed by atoms with Gasteiger partial charge >= 0.3 is 6.09 Å². The molecule has 2 aromatic heterocycles. The minimum absolute atomic E-state index is 0.176. The summed E-state index contributed by atoms with van der Waals surface area (Å²) in [7, 11) is 2.09. The number of fused-ring (bicyclic) bond motifs is 1. The molecule has 1 saturated heterocycles. The van der Waals surface area contributed by atoms with Gasteiger partial charge in [0.1, 0.15) is 4.60 Å². The van der Waals surface area contributed by atoms with Crippen LogP contribution in [-0.4, -0.2) is 39.2 Å². The van der Waals surface area contributed by atoms with Crippen molar-refractivity contribution in [3.05, 3.63) is 28.6 Å². The third kappa shape index (κ3) is 2.00. The van der Waals surface area contributed by atoms with E-state index in [9.17, 15) is 9.90 Å². The van der Waals surface area contributed by atoms with Crippen molar-refractivity contribution in [3.8, 4) is 0 Å². The van der Waals surface area contributed by atoms with Crippen molar-refractivity contribution in [3.63, 3.8) is 0 Å². The summed E-state index contributed by atoms with van der Waals surface area (Å²) in [6.45, 7) is 1.07. The predicted molar refractivity (Wildman–Crippen MR) is 82.5 cm³/mol. The number of hydrogen-bond acceptors (Lipinski definition) is 3.